The van der Waals surface area contributed by atoms with Crippen LogP contribution < -0.4 is 16.4 Å². The monoisotopic (exact) mass is 245 g/mol. The zero-order valence-corrected chi connectivity index (χ0v) is 9.74. The van der Waals surface area contributed by atoms with Gasteiger partial charge in [-0.15, -0.1) is 0 Å². The van der Waals surface area contributed by atoms with E-state index in [-0.39, 0.29) is 13.0 Å². The molecule has 0 radical (unpaired) electrons. The molecule has 2 rings (SSSR count). The smallest absolute Gasteiger partial charge is 0.266 e. The SMILES string of the molecule is Cn1ncc(N)c1N1CCC(N)CC(F)(F)C1. The van der Waals surface area contributed by atoms with Gasteiger partial charge in [-0.1, -0.05) is 0 Å². The Hall–Kier alpha value is -1.37. The molecule has 5 nitrogen and oxygen atoms in total. The molecule has 0 spiro atoms. The number of nitrogens with zero attached hydrogens (tertiary/aromatic N) is 3. The fourth-order valence-corrected chi connectivity index (χ4v) is 2.25. The Labute approximate surface area is 98.4 Å². The van der Waals surface area contributed by atoms with Crippen molar-refractivity contribution in [1.29, 1.82) is 0 Å². The van der Waals surface area contributed by atoms with Crippen LogP contribution >= 0.6 is 0 Å². The van der Waals surface area contributed by atoms with Gasteiger partial charge in [-0.25, -0.2) is 8.78 Å². The van der Waals surface area contributed by atoms with Gasteiger partial charge in [-0.2, -0.15) is 5.10 Å². The number of halogens is 2. The average molecular weight is 245 g/mol. The van der Waals surface area contributed by atoms with Gasteiger partial charge in [0.15, 0.2) is 0 Å². The van der Waals surface area contributed by atoms with E-state index in [2.05, 4.69) is 5.10 Å². The lowest BCUT2D eigenvalue weighted by Gasteiger charge is -2.26. The van der Waals surface area contributed by atoms with Gasteiger partial charge in [0.1, 0.15) is 5.82 Å². The Balaban J connectivity index is 2.27. The highest BCUT2D eigenvalue weighted by Crippen LogP contribution is 2.31. The largest absolute Gasteiger partial charge is 0.394 e. The minimum absolute atomic E-state index is 0.277. The summed E-state index contributed by atoms with van der Waals surface area (Å²) in [6, 6.07) is -0.468. The van der Waals surface area contributed by atoms with E-state index < -0.39 is 12.0 Å². The normalized spacial score (nSPS) is 24.7. The predicted molar refractivity (Wildman–Crippen MR) is 62.0 cm³/mol. The van der Waals surface area contributed by atoms with E-state index in [1.54, 1.807) is 11.9 Å². The number of hydrogen-bond donors (Lipinski definition) is 2. The number of alkyl halides is 2. The molecule has 0 saturated carbocycles. The molecule has 0 amide bonds. The van der Waals surface area contributed by atoms with Crippen molar-refractivity contribution in [2.24, 2.45) is 12.8 Å². The first-order valence-corrected chi connectivity index (χ1v) is 5.55. The molecule has 2 heterocycles. The van der Waals surface area contributed by atoms with E-state index in [9.17, 15) is 8.78 Å². The summed E-state index contributed by atoms with van der Waals surface area (Å²) in [7, 11) is 1.69. The van der Waals surface area contributed by atoms with Crippen molar-refractivity contribution < 1.29 is 8.78 Å². The number of aryl methyl sites for hydroxylation is 1. The highest BCUT2D eigenvalue weighted by atomic mass is 19.3. The molecule has 1 unspecified atom stereocenters. The van der Waals surface area contributed by atoms with E-state index in [0.717, 1.165) is 0 Å². The first kappa shape index (κ1) is 12.1. The molecule has 1 aliphatic rings. The van der Waals surface area contributed by atoms with Gasteiger partial charge in [-0.05, 0) is 6.42 Å². The minimum atomic E-state index is -2.79. The van der Waals surface area contributed by atoms with Gasteiger partial charge in [0.25, 0.3) is 5.92 Å². The molecule has 1 aromatic heterocycles. The molecule has 7 heteroatoms. The minimum Gasteiger partial charge on any atom is -0.394 e. The molecular weight excluding hydrogens is 228 g/mol. The van der Waals surface area contributed by atoms with Crippen LogP contribution in [0.5, 0.6) is 0 Å². The van der Waals surface area contributed by atoms with Gasteiger partial charge in [0.05, 0.1) is 18.4 Å². The molecule has 1 fully saturated rings. The van der Waals surface area contributed by atoms with Crippen LogP contribution in [-0.2, 0) is 7.05 Å². The fourth-order valence-electron chi connectivity index (χ4n) is 2.25. The molecule has 1 aliphatic heterocycles. The number of rotatable bonds is 1. The Kier molecular flexibility index (Phi) is 2.94. The van der Waals surface area contributed by atoms with Crippen molar-refractivity contribution >= 4 is 11.5 Å². The zero-order valence-electron chi connectivity index (χ0n) is 9.74. The van der Waals surface area contributed by atoms with E-state index in [1.165, 1.54) is 10.9 Å². The third-order valence-corrected chi connectivity index (χ3v) is 2.99. The lowest BCUT2D eigenvalue weighted by Crippen LogP contribution is -2.37. The van der Waals surface area contributed by atoms with E-state index in [4.69, 9.17) is 11.5 Å². The maximum Gasteiger partial charge on any atom is 0.266 e. The quantitative estimate of drug-likeness (QED) is 0.758. The van der Waals surface area contributed by atoms with Gasteiger partial charge in [0, 0.05) is 26.1 Å². The average Bonchev–Trinajstić information content (AvgIpc) is 2.45. The number of aromatic nitrogens is 2. The molecule has 1 atom stereocenters. The van der Waals surface area contributed by atoms with Crippen molar-refractivity contribution in [3.05, 3.63) is 6.20 Å². The molecular formula is C10H17F2N5. The Morgan fingerprint density at radius 1 is 1.53 bits per heavy atom. The van der Waals surface area contributed by atoms with Crippen LogP contribution in [0.15, 0.2) is 6.20 Å². The maximum absolute atomic E-state index is 13.6. The second-order valence-electron chi connectivity index (χ2n) is 4.58. The van der Waals surface area contributed by atoms with Crippen LogP contribution in [0.2, 0.25) is 0 Å². The van der Waals surface area contributed by atoms with E-state index >= 15 is 0 Å². The van der Waals surface area contributed by atoms with Crippen molar-refractivity contribution in [3.8, 4) is 0 Å². The summed E-state index contributed by atoms with van der Waals surface area (Å²) in [5, 5.41) is 3.96. The highest BCUT2D eigenvalue weighted by molar-refractivity contribution is 5.62. The lowest BCUT2D eigenvalue weighted by atomic mass is 10.1. The summed E-state index contributed by atoms with van der Waals surface area (Å²) in [6.07, 6.45) is 1.72. The molecule has 0 aliphatic carbocycles. The van der Waals surface area contributed by atoms with Crippen LogP contribution in [0.4, 0.5) is 20.3 Å². The molecule has 1 aromatic rings. The molecule has 1 saturated heterocycles. The number of nitrogen functional groups attached to an aromatic ring is 1. The second kappa shape index (κ2) is 4.14. The number of anilines is 2. The first-order chi connectivity index (χ1) is 7.89. The Bertz CT molecular complexity index is 384. The van der Waals surface area contributed by atoms with Crippen molar-refractivity contribution in [2.45, 2.75) is 24.8 Å². The first-order valence-electron chi connectivity index (χ1n) is 5.55. The highest BCUT2D eigenvalue weighted by Gasteiger charge is 2.37. The summed E-state index contributed by atoms with van der Waals surface area (Å²) in [5.74, 6) is -2.24. The van der Waals surface area contributed by atoms with Crippen molar-refractivity contribution in [3.63, 3.8) is 0 Å². The third-order valence-electron chi connectivity index (χ3n) is 2.99. The van der Waals surface area contributed by atoms with Crippen LogP contribution in [0.3, 0.4) is 0 Å². The molecule has 0 bridgehead atoms. The zero-order chi connectivity index (χ0) is 12.6. The van der Waals surface area contributed by atoms with Gasteiger partial charge < -0.3 is 16.4 Å². The molecule has 96 valence electrons. The maximum atomic E-state index is 13.6. The van der Waals surface area contributed by atoms with Crippen LogP contribution in [0.1, 0.15) is 12.8 Å². The molecule has 17 heavy (non-hydrogen) atoms. The lowest BCUT2D eigenvalue weighted by molar-refractivity contribution is -0.000521. The van der Waals surface area contributed by atoms with Crippen LogP contribution in [0.25, 0.3) is 0 Å². The van der Waals surface area contributed by atoms with E-state index in [0.29, 0.717) is 24.5 Å². The van der Waals surface area contributed by atoms with Crippen molar-refractivity contribution in [1.82, 2.24) is 9.78 Å². The summed E-state index contributed by atoms with van der Waals surface area (Å²) in [5.41, 5.74) is 11.8. The molecule has 4 N–H and O–H groups in total. The third kappa shape index (κ3) is 2.49. The van der Waals surface area contributed by atoms with Gasteiger partial charge in [-0.3, -0.25) is 4.68 Å². The van der Waals surface area contributed by atoms with Crippen LogP contribution in [0, 0.1) is 0 Å². The second-order valence-corrected chi connectivity index (χ2v) is 4.58. The molecule has 0 aromatic carbocycles. The topological polar surface area (TPSA) is 73.1 Å². The summed E-state index contributed by atoms with van der Waals surface area (Å²) >= 11 is 0. The summed E-state index contributed by atoms with van der Waals surface area (Å²) in [4.78, 5) is 1.56. The fraction of sp³-hybridized carbons (Fsp3) is 0.700. The number of hydrogen-bond acceptors (Lipinski definition) is 4. The predicted octanol–water partition coefficient (Wildman–Crippen LogP) is 0.565. The van der Waals surface area contributed by atoms with Gasteiger partial charge >= 0.3 is 0 Å². The summed E-state index contributed by atoms with van der Waals surface area (Å²) in [6.45, 7) is 0.116. The van der Waals surface area contributed by atoms with Crippen LogP contribution in [-0.4, -0.2) is 34.8 Å². The standard InChI is InChI=1S/C10H17F2N5/c1-16-9(8(14)5-15-16)17-3-2-7(13)4-10(11,12)6-17/h5,7H,2-4,6,13-14H2,1H3. The van der Waals surface area contributed by atoms with Crippen molar-refractivity contribution in [2.75, 3.05) is 23.7 Å². The van der Waals surface area contributed by atoms with E-state index in [1.807, 2.05) is 0 Å². The van der Waals surface area contributed by atoms with Gasteiger partial charge in [0.2, 0.25) is 0 Å². The Morgan fingerprint density at radius 2 is 2.24 bits per heavy atom. The number of nitrogens with two attached hydrogens (primary N) is 2. The summed E-state index contributed by atoms with van der Waals surface area (Å²) < 4.78 is 28.8. The Morgan fingerprint density at radius 3 is 2.82 bits per heavy atom.